The summed E-state index contributed by atoms with van der Waals surface area (Å²) in [5, 5.41) is 8.04. The van der Waals surface area contributed by atoms with Crippen molar-refractivity contribution in [3.05, 3.63) is 166 Å². The van der Waals surface area contributed by atoms with Gasteiger partial charge in [0.15, 0.2) is 17.0 Å². The summed E-state index contributed by atoms with van der Waals surface area (Å²) < 4.78 is 187. The second-order valence-corrected chi connectivity index (χ2v) is 22.5. The van der Waals surface area contributed by atoms with E-state index in [1.165, 1.54) is 63.6 Å². The van der Waals surface area contributed by atoms with E-state index in [0.29, 0.717) is 5.69 Å². The third-order valence-corrected chi connectivity index (χ3v) is 16.1. The predicted molar refractivity (Wildman–Crippen MR) is 291 cm³/mol. The number of pyridine rings is 3. The number of hydrogen-bond acceptors (Lipinski definition) is 8. The Morgan fingerprint density at radius 1 is 0.518 bits per heavy atom. The number of anilines is 3. The van der Waals surface area contributed by atoms with Gasteiger partial charge in [-0.15, -0.1) is 13.2 Å². The van der Waals surface area contributed by atoms with Crippen molar-refractivity contribution in [1.29, 1.82) is 0 Å². The van der Waals surface area contributed by atoms with E-state index >= 15 is 13.2 Å². The van der Waals surface area contributed by atoms with Gasteiger partial charge in [-0.2, -0.15) is 26.3 Å². The Hall–Kier alpha value is -7.59. The van der Waals surface area contributed by atoms with E-state index < -0.39 is 84.7 Å². The number of ether oxygens (including phenoxy) is 1. The van der Waals surface area contributed by atoms with Crippen LogP contribution in [-0.2, 0) is 32.7 Å². The number of piperidine rings is 3. The average Bonchev–Trinajstić information content (AvgIpc) is 3.65. The monoisotopic (exact) mass is 1270 g/mol. The number of alkyl halides is 12. The summed E-state index contributed by atoms with van der Waals surface area (Å²) in [4.78, 5) is 52.5. The number of likely N-dealkylation sites (tertiary alicyclic amines) is 3. The van der Waals surface area contributed by atoms with Gasteiger partial charge < -0.3 is 35.4 Å². The number of nitrogens with one attached hydrogen (secondary N) is 3. The first-order valence-corrected chi connectivity index (χ1v) is 27.9. The number of rotatable bonds is 8. The van der Waals surface area contributed by atoms with Gasteiger partial charge in [0.2, 0.25) is 0 Å². The number of hydrogen-bond donors (Lipinski definition) is 3. The molecule has 14 nitrogen and oxygen atoms in total. The zero-order valence-electron chi connectivity index (χ0n) is 44.1. The maximum absolute atomic E-state index is 15.3. The van der Waals surface area contributed by atoms with Crippen molar-refractivity contribution in [1.82, 2.24) is 29.7 Å². The Balaban J connectivity index is 0.000000183. The van der Waals surface area contributed by atoms with Crippen molar-refractivity contribution in [3.63, 3.8) is 0 Å². The topological polar surface area (TPSA) is 162 Å². The quantitative estimate of drug-likeness (QED) is 0.100. The average molecular weight is 1270 g/mol. The van der Waals surface area contributed by atoms with Crippen LogP contribution in [0.15, 0.2) is 133 Å². The van der Waals surface area contributed by atoms with Crippen LogP contribution in [0.4, 0.5) is 88.5 Å². The summed E-state index contributed by atoms with van der Waals surface area (Å²) in [7, 11) is -4.47. The molecule has 3 aromatic carbocycles. The minimum absolute atomic E-state index is 0.00520. The molecule has 30 heteroatoms. The number of urea groups is 3. The molecule has 456 valence electrons. The van der Waals surface area contributed by atoms with Crippen LogP contribution >= 0.6 is 23.2 Å². The summed E-state index contributed by atoms with van der Waals surface area (Å²) in [6.45, 7) is 0.551. The molecule has 3 aromatic heterocycles. The molecule has 0 bridgehead atoms. The lowest BCUT2D eigenvalue weighted by Gasteiger charge is -2.36. The highest BCUT2D eigenvalue weighted by Crippen LogP contribution is 2.42. The molecule has 0 radical (unpaired) electrons. The first-order chi connectivity index (χ1) is 39.8. The Labute approximate surface area is 487 Å². The largest absolute Gasteiger partial charge is 0.573 e. The van der Waals surface area contributed by atoms with Crippen molar-refractivity contribution in [2.24, 2.45) is 0 Å². The van der Waals surface area contributed by atoms with Gasteiger partial charge in [0, 0.05) is 118 Å². The molecular weight excluding hydrogens is 1220 g/mol. The zero-order valence-corrected chi connectivity index (χ0v) is 46.4. The lowest BCUT2D eigenvalue weighted by atomic mass is 9.89. The van der Waals surface area contributed by atoms with E-state index in [-0.39, 0.29) is 116 Å². The second-order valence-electron chi connectivity index (χ2n) is 19.4. The van der Waals surface area contributed by atoms with Crippen LogP contribution in [0.5, 0.6) is 5.75 Å². The van der Waals surface area contributed by atoms with Crippen molar-refractivity contribution < 1.29 is 80.4 Å². The number of benzene rings is 3. The van der Waals surface area contributed by atoms with Crippen LogP contribution in [0.2, 0.25) is 10.0 Å². The zero-order chi connectivity index (χ0) is 62.2. The summed E-state index contributed by atoms with van der Waals surface area (Å²) in [5.41, 5.74) is -10.5. The van der Waals surface area contributed by atoms with Gasteiger partial charge in [0.25, 0.3) is 0 Å². The third kappa shape index (κ3) is 16.6. The molecule has 6 aromatic rings. The van der Waals surface area contributed by atoms with Crippen molar-refractivity contribution in [2.75, 3.05) is 55.2 Å². The molecule has 3 fully saturated rings. The molecule has 0 spiro atoms. The highest BCUT2D eigenvalue weighted by atomic mass is 35.5. The highest BCUT2D eigenvalue weighted by Gasteiger charge is 2.44. The van der Waals surface area contributed by atoms with Gasteiger partial charge in [0.1, 0.15) is 17.3 Å². The van der Waals surface area contributed by atoms with Crippen molar-refractivity contribution >= 4 is 73.7 Å². The van der Waals surface area contributed by atoms with Crippen LogP contribution < -0.4 is 20.7 Å². The van der Waals surface area contributed by atoms with E-state index in [9.17, 15) is 62.5 Å². The van der Waals surface area contributed by atoms with Gasteiger partial charge >= 0.3 is 36.1 Å². The molecule has 3 aliphatic heterocycles. The standard InChI is InChI=1S/C19H18ClF4N3O2S.C18H16ClF4N3O2.C18H16F5N3O/c1-30(29,19(22,23)24)14-6-4-13(5-7-14)26-17(28)27-11-8-18(21,9-12-27)16-15(20)3-2-10-25-16;19-14-2-1-9-24-15(14)17(20)7-10-26(11-8-17)16(27)25-12-3-5-13(6-4-12)28-18(21,22)23;19-14-2-1-9-24-15(14)17(20)7-10-26(11-8-17)16(27)25-13-5-3-12(4-6-13)18(21,22)23/h2-7,10H,1,8-9,11-12H2,(H,26,28);1-6,9H,7-8,10-11H2,(H,25,27);1-6,9H,7-8,10-11H2,(H,25,27). The van der Waals surface area contributed by atoms with Gasteiger partial charge in [-0.25, -0.2) is 31.9 Å². The number of halogens is 15. The fourth-order valence-corrected chi connectivity index (χ4v) is 10.5. The first-order valence-electron chi connectivity index (χ1n) is 25.4. The van der Waals surface area contributed by atoms with Gasteiger partial charge in [-0.3, -0.25) is 19.2 Å². The summed E-state index contributed by atoms with van der Waals surface area (Å²) in [6.07, 6.45) is -5.18. The Morgan fingerprint density at radius 3 is 1.18 bits per heavy atom. The predicted octanol–water partition coefficient (Wildman–Crippen LogP) is 14.7. The Morgan fingerprint density at radius 2 is 0.847 bits per heavy atom. The third-order valence-electron chi connectivity index (χ3n) is 13.7. The van der Waals surface area contributed by atoms with E-state index in [2.05, 4.69) is 41.5 Å². The maximum atomic E-state index is 15.3. The number of carbonyl (C=O) groups excluding carboxylic acids is 3. The molecular formula is C55H50Cl2F13N9O5S. The number of carbonyl (C=O) groups is 3. The molecule has 6 heterocycles. The lowest BCUT2D eigenvalue weighted by Crippen LogP contribution is -2.45. The first kappa shape index (κ1) is 65.0. The molecule has 3 N–H and O–H groups in total. The summed E-state index contributed by atoms with van der Waals surface area (Å²) in [6, 6.07) is 20.5. The molecule has 9 rings (SSSR count). The molecule has 0 saturated carbocycles. The van der Waals surface area contributed by atoms with Crippen LogP contribution in [0.3, 0.4) is 0 Å². The number of aromatic nitrogens is 3. The SMILES string of the molecule is C=S(=O)(c1ccc(NC(=O)N2CCC(F)(c3ncccc3Cl)CC2)cc1)C(F)(F)F.O=C(Nc1ccc(C(F)(F)F)cc1)N1CCC(F)(c2ncccc2F)CC1.O=C(Nc1ccc(OC(F)(F)F)cc1)N1CCC(F)(c2ncccc2Cl)CC1. The van der Waals surface area contributed by atoms with Crippen LogP contribution in [0.25, 0.3) is 0 Å². The summed E-state index contributed by atoms with van der Waals surface area (Å²) >= 11 is 12.1. The van der Waals surface area contributed by atoms with Crippen LogP contribution in [0.1, 0.15) is 61.2 Å². The number of amides is 6. The molecule has 6 amide bonds. The van der Waals surface area contributed by atoms with Crippen molar-refractivity contribution in [3.8, 4) is 5.75 Å². The normalized spacial score (nSPS) is 17.3. The Kier molecular flexibility index (Phi) is 20.1. The molecule has 85 heavy (non-hydrogen) atoms. The molecule has 1 unspecified atom stereocenters. The van der Waals surface area contributed by atoms with Crippen LogP contribution in [0, 0.1) is 5.82 Å². The summed E-state index contributed by atoms with van der Waals surface area (Å²) in [5.74, 6) is 1.65. The van der Waals surface area contributed by atoms with E-state index in [4.69, 9.17) is 23.2 Å². The van der Waals surface area contributed by atoms with Crippen molar-refractivity contribution in [2.45, 2.75) is 78.5 Å². The minimum atomic E-state index is -4.97. The smallest absolute Gasteiger partial charge is 0.406 e. The molecule has 3 aliphatic rings. The highest BCUT2D eigenvalue weighted by molar-refractivity contribution is 8.01. The van der Waals surface area contributed by atoms with E-state index in [1.807, 2.05) is 0 Å². The fourth-order valence-electron chi connectivity index (χ4n) is 9.03. The molecule has 3 saturated heterocycles. The maximum Gasteiger partial charge on any atom is 0.573 e. The van der Waals surface area contributed by atoms with Gasteiger partial charge in [-0.05, 0) is 115 Å². The minimum Gasteiger partial charge on any atom is -0.406 e. The lowest BCUT2D eigenvalue weighted by molar-refractivity contribution is -0.274. The second kappa shape index (κ2) is 26.4. The Bertz CT molecular complexity index is 3400. The van der Waals surface area contributed by atoms with Gasteiger partial charge in [0.05, 0.1) is 36.5 Å². The van der Waals surface area contributed by atoms with Gasteiger partial charge in [-0.1, -0.05) is 23.2 Å². The fraction of sp³-hybridized carbons (Fsp3) is 0.327. The van der Waals surface area contributed by atoms with Crippen LogP contribution in [-0.4, -0.2) is 109 Å². The molecule has 0 aliphatic carbocycles. The van der Waals surface area contributed by atoms with E-state index in [1.54, 1.807) is 24.3 Å². The molecule has 1 atom stereocenters. The number of nitrogens with zero attached hydrogens (tertiary/aromatic N) is 6. The van der Waals surface area contributed by atoms with E-state index in [0.717, 1.165) is 54.6 Å².